The van der Waals surface area contributed by atoms with Crippen molar-refractivity contribution >= 4 is 15.9 Å². The molecule has 9 heavy (non-hydrogen) atoms. The Kier molecular flexibility index (Phi) is 1.54. The van der Waals surface area contributed by atoms with Crippen molar-refractivity contribution in [1.29, 1.82) is 0 Å². The molecule has 3 atom stereocenters. The highest BCUT2D eigenvalue weighted by atomic mass is 79.9. The Morgan fingerprint density at radius 2 is 2.33 bits per heavy atom. The van der Waals surface area contributed by atoms with Crippen LogP contribution in [0.15, 0.2) is 0 Å². The number of epoxide rings is 1. The minimum atomic E-state index is 0.637. The molecule has 1 saturated carbocycles. The standard InChI is InChI=1S/C7H11BrO/c8-4-5-2-1-3-6-7(5)9-6/h5-7H,1-4H2/t5-,6+,7-/m1/s1. The summed E-state index contributed by atoms with van der Waals surface area (Å²) in [4.78, 5) is 0. The highest BCUT2D eigenvalue weighted by Crippen LogP contribution is 2.41. The van der Waals surface area contributed by atoms with Gasteiger partial charge in [0.05, 0.1) is 12.2 Å². The Morgan fingerprint density at radius 3 is 3.00 bits per heavy atom. The Morgan fingerprint density at radius 1 is 1.44 bits per heavy atom. The molecule has 1 heterocycles. The van der Waals surface area contributed by atoms with Crippen LogP contribution in [0, 0.1) is 5.92 Å². The maximum atomic E-state index is 5.45. The third-order valence-corrected chi connectivity index (χ3v) is 3.18. The zero-order valence-corrected chi connectivity index (χ0v) is 6.93. The molecule has 2 heteroatoms. The summed E-state index contributed by atoms with van der Waals surface area (Å²) < 4.78 is 5.45. The topological polar surface area (TPSA) is 12.5 Å². The predicted molar refractivity (Wildman–Crippen MR) is 39.8 cm³/mol. The van der Waals surface area contributed by atoms with E-state index < -0.39 is 0 Å². The molecule has 0 aromatic heterocycles. The van der Waals surface area contributed by atoms with Crippen LogP contribution in [0.4, 0.5) is 0 Å². The molecule has 0 bridgehead atoms. The van der Waals surface area contributed by atoms with Gasteiger partial charge in [0.1, 0.15) is 0 Å². The number of fused-ring (bicyclic) bond motifs is 1. The van der Waals surface area contributed by atoms with Crippen molar-refractivity contribution in [2.24, 2.45) is 5.92 Å². The summed E-state index contributed by atoms with van der Waals surface area (Å²) >= 11 is 3.50. The smallest absolute Gasteiger partial charge is 0.0877 e. The maximum absolute atomic E-state index is 5.45. The minimum Gasteiger partial charge on any atom is -0.369 e. The molecule has 1 saturated heterocycles. The first-order valence-electron chi connectivity index (χ1n) is 3.63. The predicted octanol–water partition coefficient (Wildman–Crippen LogP) is 1.95. The van der Waals surface area contributed by atoms with Gasteiger partial charge in [-0.05, 0) is 18.8 Å². The van der Waals surface area contributed by atoms with Gasteiger partial charge in [0, 0.05) is 5.33 Å². The van der Waals surface area contributed by atoms with Crippen molar-refractivity contribution in [3.8, 4) is 0 Å². The third kappa shape index (κ3) is 1.03. The SMILES string of the molecule is BrC[C@H]1CCC[C@@H]2O[C@H]12. The van der Waals surface area contributed by atoms with E-state index in [0.29, 0.717) is 12.2 Å². The Balaban J connectivity index is 1.93. The maximum Gasteiger partial charge on any atom is 0.0877 e. The van der Waals surface area contributed by atoms with Gasteiger partial charge < -0.3 is 4.74 Å². The normalized spacial score (nSPS) is 48.3. The molecule has 0 spiro atoms. The van der Waals surface area contributed by atoms with Crippen LogP contribution >= 0.6 is 15.9 Å². The van der Waals surface area contributed by atoms with Gasteiger partial charge >= 0.3 is 0 Å². The fourth-order valence-corrected chi connectivity index (χ4v) is 2.41. The Hall–Kier alpha value is 0.440. The molecule has 52 valence electrons. The van der Waals surface area contributed by atoms with Crippen LogP contribution in [0.5, 0.6) is 0 Å². The molecule has 2 aliphatic rings. The largest absolute Gasteiger partial charge is 0.369 e. The summed E-state index contributed by atoms with van der Waals surface area (Å²) in [5, 5.41) is 1.13. The Bertz CT molecular complexity index is 115. The fraction of sp³-hybridized carbons (Fsp3) is 1.00. The van der Waals surface area contributed by atoms with E-state index in [1.165, 1.54) is 19.3 Å². The number of hydrogen-bond donors (Lipinski definition) is 0. The van der Waals surface area contributed by atoms with Crippen LogP contribution in [-0.4, -0.2) is 17.5 Å². The zero-order chi connectivity index (χ0) is 6.27. The second kappa shape index (κ2) is 2.24. The molecule has 2 fully saturated rings. The first kappa shape index (κ1) is 6.17. The van der Waals surface area contributed by atoms with Crippen molar-refractivity contribution in [3.05, 3.63) is 0 Å². The first-order chi connectivity index (χ1) is 4.42. The molecule has 2 rings (SSSR count). The molecule has 1 aliphatic heterocycles. The summed E-state index contributed by atoms with van der Waals surface area (Å²) in [6, 6.07) is 0. The summed E-state index contributed by atoms with van der Waals surface area (Å²) in [5.74, 6) is 0.823. The second-order valence-electron chi connectivity index (χ2n) is 2.98. The molecule has 0 amide bonds. The molecule has 1 nitrogen and oxygen atoms in total. The van der Waals surface area contributed by atoms with E-state index in [2.05, 4.69) is 15.9 Å². The van der Waals surface area contributed by atoms with Crippen LogP contribution in [-0.2, 0) is 4.74 Å². The molecule has 1 aliphatic carbocycles. The van der Waals surface area contributed by atoms with Gasteiger partial charge in [0.15, 0.2) is 0 Å². The molecule has 0 aromatic rings. The number of halogens is 1. The van der Waals surface area contributed by atoms with Gasteiger partial charge in [-0.2, -0.15) is 0 Å². The highest BCUT2D eigenvalue weighted by molar-refractivity contribution is 9.09. The number of ether oxygens (including phenoxy) is 1. The minimum absolute atomic E-state index is 0.637. The van der Waals surface area contributed by atoms with Crippen molar-refractivity contribution in [3.63, 3.8) is 0 Å². The monoisotopic (exact) mass is 190 g/mol. The summed E-state index contributed by atoms with van der Waals surface area (Å²) in [7, 11) is 0. The van der Waals surface area contributed by atoms with Crippen molar-refractivity contribution < 1.29 is 4.74 Å². The van der Waals surface area contributed by atoms with Crippen molar-refractivity contribution in [2.45, 2.75) is 31.5 Å². The van der Waals surface area contributed by atoms with Crippen LogP contribution < -0.4 is 0 Å². The van der Waals surface area contributed by atoms with Crippen LogP contribution in [0.3, 0.4) is 0 Å². The summed E-state index contributed by atoms with van der Waals surface area (Å²) in [6.45, 7) is 0. The van der Waals surface area contributed by atoms with E-state index >= 15 is 0 Å². The average Bonchev–Trinajstić information content (AvgIpc) is 2.64. The fourth-order valence-electron chi connectivity index (χ4n) is 1.71. The van der Waals surface area contributed by atoms with E-state index in [0.717, 1.165) is 11.2 Å². The van der Waals surface area contributed by atoms with E-state index in [1.807, 2.05) is 0 Å². The van der Waals surface area contributed by atoms with Crippen LogP contribution in [0.1, 0.15) is 19.3 Å². The van der Waals surface area contributed by atoms with Gasteiger partial charge in [-0.25, -0.2) is 0 Å². The Labute approximate surface area is 63.9 Å². The van der Waals surface area contributed by atoms with E-state index in [9.17, 15) is 0 Å². The van der Waals surface area contributed by atoms with E-state index in [-0.39, 0.29) is 0 Å². The lowest BCUT2D eigenvalue weighted by Gasteiger charge is -2.13. The molecular weight excluding hydrogens is 180 g/mol. The average molecular weight is 191 g/mol. The van der Waals surface area contributed by atoms with Gasteiger partial charge in [-0.1, -0.05) is 22.4 Å². The molecular formula is C7H11BrO. The zero-order valence-electron chi connectivity index (χ0n) is 5.35. The molecule has 0 radical (unpaired) electrons. The molecule has 0 N–H and O–H groups in total. The molecule has 0 aromatic carbocycles. The molecule has 0 unspecified atom stereocenters. The lowest BCUT2D eigenvalue weighted by Crippen LogP contribution is -2.16. The van der Waals surface area contributed by atoms with Crippen molar-refractivity contribution in [2.75, 3.05) is 5.33 Å². The van der Waals surface area contributed by atoms with Gasteiger partial charge in [0.2, 0.25) is 0 Å². The second-order valence-corrected chi connectivity index (χ2v) is 3.63. The van der Waals surface area contributed by atoms with Gasteiger partial charge in [-0.15, -0.1) is 0 Å². The lowest BCUT2D eigenvalue weighted by molar-refractivity contribution is 0.339. The van der Waals surface area contributed by atoms with Gasteiger partial charge in [0.25, 0.3) is 0 Å². The highest BCUT2D eigenvalue weighted by Gasteiger charge is 2.46. The third-order valence-electron chi connectivity index (χ3n) is 2.35. The number of alkyl halides is 1. The van der Waals surface area contributed by atoms with E-state index in [4.69, 9.17) is 4.74 Å². The number of hydrogen-bond acceptors (Lipinski definition) is 1. The van der Waals surface area contributed by atoms with Crippen LogP contribution in [0.25, 0.3) is 0 Å². The quantitative estimate of drug-likeness (QED) is 0.455. The first-order valence-corrected chi connectivity index (χ1v) is 4.75. The van der Waals surface area contributed by atoms with Crippen LogP contribution in [0.2, 0.25) is 0 Å². The van der Waals surface area contributed by atoms with Crippen molar-refractivity contribution in [1.82, 2.24) is 0 Å². The summed E-state index contributed by atoms with van der Waals surface area (Å²) in [6.07, 6.45) is 5.34. The summed E-state index contributed by atoms with van der Waals surface area (Å²) in [5.41, 5.74) is 0. The van der Waals surface area contributed by atoms with Gasteiger partial charge in [-0.3, -0.25) is 0 Å². The lowest BCUT2D eigenvalue weighted by atomic mass is 9.91. The number of rotatable bonds is 1. The van der Waals surface area contributed by atoms with E-state index in [1.54, 1.807) is 0 Å².